The van der Waals surface area contributed by atoms with Crippen molar-refractivity contribution in [2.45, 2.75) is 59.0 Å². The third-order valence-corrected chi connectivity index (χ3v) is 6.15. The van der Waals surface area contributed by atoms with Crippen LogP contribution in [0.3, 0.4) is 0 Å². The Balaban J connectivity index is 1.60. The molecule has 1 saturated heterocycles. The van der Waals surface area contributed by atoms with Crippen LogP contribution < -0.4 is 5.32 Å². The number of nitrogens with zero attached hydrogens (tertiary/aromatic N) is 4. The molecule has 0 bridgehead atoms. The minimum Gasteiger partial charge on any atom is -0.465 e. The number of pyridine rings is 1. The first kappa shape index (κ1) is 26.8. The van der Waals surface area contributed by atoms with Crippen molar-refractivity contribution in [3.8, 4) is 11.8 Å². The van der Waals surface area contributed by atoms with Gasteiger partial charge < -0.3 is 14.7 Å². The topological polar surface area (TPSA) is 118 Å². The number of carbonyl (C=O) groups is 2. The summed E-state index contributed by atoms with van der Waals surface area (Å²) >= 11 is 0. The van der Waals surface area contributed by atoms with Crippen LogP contribution in [0.15, 0.2) is 24.3 Å². The number of aromatic nitrogens is 3. The van der Waals surface area contributed by atoms with E-state index in [1.165, 1.54) is 11.0 Å². The third-order valence-electron chi connectivity index (χ3n) is 6.15. The largest absolute Gasteiger partial charge is 0.465 e. The van der Waals surface area contributed by atoms with Crippen LogP contribution in [-0.4, -0.2) is 56.1 Å². The van der Waals surface area contributed by atoms with Crippen molar-refractivity contribution >= 4 is 28.8 Å². The number of rotatable bonds is 2. The van der Waals surface area contributed by atoms with Crippen molar-refractivity contribution < 1.29 is 23.8 Å². The Bertz CT molecular complexity index is 1460. The summed E-state index contributed by atoms with van der Waals surface area (Å²) in [6.45, 7) is 9.73. The highest BCUT2D eigenvalue weighted by molar-refractivity contribution is 5.88. The van der Waals surface area contributed by atoms with Crippen LogP contribution in [0.4, 0.5) is 19.7 Å². The van der Waals surface area contributed by atoms with Gasteiger partial charge in [0.2, 0.25) is 0 Å². The number of ether oxygens (including phenoxy) is 1. The lowest BCUT2D eigenvalue weighted by Gasteiger charge is -2.29. The second-order valence-corrected chi connectivity index (χ2v) is 10.4. The first-order valence-corrected chi connectivity index (χ1v) is 12.3. The van der Waals surface area contributed by atoms with Crippen LogP contribution in [0.1, 0.15) is 67.7 Å². The van der Waals surface area contributed by atoms with Gasteiger partial charge in [0.15, 0.2) is 0 Å². The molecule has 1 aliphatic heterocycles. The van der Waals surface area contributed by atoms with E-state index in [0.29, 0.717) is 65.0 Å². The summed E-state index contributed by atoms with van der Waals surface area (Å²) in [5.41, 5.74) is 3.02. The van der Waals surface area contributed by atoms with Crippen molar-refractivity contribution in [1.29, 1.82) is 0 Å². The molecule has 4 rings (SSSR count). The molecular formula is C28H30FN5O4. The average molecular weight is 520 g/mol. The molecule has 2 amide bonds. The fraction of sp³-hybridized carbons (Fsp3) is 0.393. The quantitative estimate of drug-likeness (QED) is 0.436. The van der Waals surface area contributed by atoms with E-state index in [4.69, 9.17) is 9.84 Å². The van der Waals surface area contributed by atoms with Gasteiger partial charge in [0.05, 0.1) is 28.2 Å². The fourth-order valence-electron chi connectivity index (χ4n) is 4.39. The van der Waals surface area contributed by atoms with Crippen molar-refractivity contribution in [2.24, 2.45) is 0 Å². The van der Waals surface area contributed by atoms with Gasteiger partial charge in [0, 0.05) is 35.7 Å². The van der Waals surface area contributed by atoms with Crippen LogP contribution in [-0.2, 0) is 4.74 Å². The molecule has 1 fully saturated rings. The SMILES string of the molecule is Cc1cc(C#Cc2cc(F)c3cc(C4CCN(C(=O)O)CC4)nnc3c2)c(NC(=O)OC(C)(C)C)c(C)n1. The summed E-state index contributed by atoms with van der Waals surface area (Å²) in [5.74, 6) is 5.54. The zero-order chi connectivity index (χ0) is 27.6. The van der Waals surface area contributed by atoms with Gasteiger partial charge in [0.1, 0.15) is 11.4 Å². The lowest BCUT2D eigenvalue weighted by atomic mass is 9.93. The predicted molar refractivity (Wildman–Crippen MR) is 141 cm³/mol. The Kier molecular flexibility index (Phi) is 7.49. The van der Waals surface area contributed by atoms with Crippen LogP contribution >= 0.6 is 0 Å². The first-order valence-electron chi connectivity index (χ1n) is 12.3. The highest BCUT2D eigenvalue weighted by atomic mass is 19.1. The highest BCUT2D eigenvalue weighted by Crippen LogP contribution is 2.29. The number of hydrogen-bond donors (Lipinski definition) is 2. The number of aryl methyl sites for hydroxylation is 2. The maximum Gasteiger partial charge on any atom is 0.412 e. The van der Waals surface area contributed by atoms with Crippen LogP contribution in [0, 0.1) is 31.5 Å². The number of anilines is 1. The lowest BCUT2D eigenvalue weighted by Crippen LogP contribution is -2.37. The molecular weight excluding hydrogens is 489 g/mol. The van der Waals surface area contributed by atoms with Crippen molar-refractivity contribution in [3.63, 3.8) is 0 Å². The highest BCUT2D eigenvalue weighted by Gasteiger charge is 2.25. The number of piperidine rings is 1. The zero-order valence-corrected chi connectivity index (χ0v) is 22.1. The van der Waals surface area contributed by atoms with Gasteiger partial charge in [-0.15, -0.1) is 0 Å². The second-order valence-electron chi connectivity index (χ2n) is 10.4. The molecule has 0 spiro atoms. The van der Waals surface area contributed by atoms with E-state index in [2.05, 4.69) is 32.3 Å². The molecule has 1 aromatic carbocycles. The summed E-state index contributed by atoms with van der Waals surface area (Å²) < 4.78 is 20.5. The summed E-state index contributed by atoms with van der Waals surface area (Å²) in [6.07, 6.45) is -0.326. The Hall–Kier alpha value is -4.26. The Morgan fingerprint density at radius 2 is 1.82 bits per heavy atom. The van der Waals surface area contributed by atoms with E-state index in [-0.39, 0.29) is 5.92 Å². The van der Waals surface area contributed by atoms with Crippen LogP contribution in [0.25, 0.3) is 10.9 Å². The molecule has 198 valence electrons. The van der Waals surface area contributed by atoms with Gasteiger partial charge >= 0.3 is 12.2 Å². The van der Waals surface area contributed by atoms with E-state index in [9.17, 15) is 9.59 Å². The minimum absolute atomic E-state index is 0.0235. The molecule has 2 N–H and O–H groups in total. The molecule has 3 heterocycles. The van der Waals surface area contributed by atoms with E-state index in [0.717, 1.165) is 5.69 Å². The standard InChI is InChI=1S/C28H30FN5O4/c1-16-12-20(25(17(2)30-16)31-26(35)38-28(3,4)5)7-6-18-13-22(29)21-15-23(32-33-24(21)14-18)19-8-10-34(11-9-19)27(36)37/h12-15,19H,8-11H2,1-5H3,(H,31,35)(H,36,37). The number of carbonyl (C=O) groups excluding carboxylic acids is 1. The lowest BCUT2D eigenvalue weighted by molar-refractivity contribution is 0.0635. The second kappa shape index (κ2) is 10.6. The van der Waals surface area contributed by atoms with E-state index < -0.39 is 23.6 Å². The molecule has 0 atom stereocenters. The molecule has 38 heavy (non-hydrogen) atoms. The molecule has 2 aromatic heterocycles. The summed E-state index contributed by atoms with van der Waals surface area (Å²) in [4.78, 5) is 29.3. The number of carboxylic acid groups (broad SMARTS) is 1. The maximum absolute atomic E-state index is 15.1. The molecule has 9 nitrogen and oxygen atoms in total. The summed E-state index contributed by atoms with van der Waals surface area (Å²) in [7, 11) is 0. The van der Waals surface area contributed by atoms with Gasteiger partial charge in [-0.25, -0.2) is 14.0 Å². The normalized spacial score (nSPS) is 14.1. The number of fused-ring (bicyclic) bond motifs is 1. The molecule has 0 aliphatic carbocycles. The molecule has 3 aromatic rings. The maximum atomic E-state index is 15.1. The zero-order valence-electron chi connectivity index (χ0n) is 22.1. The van der Waals surface area contributed by atoms with Gasteiger partial charge in [0.25, 0.3) is 0 Å². The molecule has 0 saturated carbocycles. The number of nitrogens with one attached hydrogen (secondary N) is 1. The number of benzene rings is 1. The molecule has 1 aliphatic rings. The average Bonchev–Trinajstić information content (AvgIpc) is 2.83. The van der Waals surface area contributed by atoms with Gasteiger partial charge in [-0.1, -0.05) is 11.8 Å². The van der Waals surface area contributed by atoms with Crippen molar-refractivity contribution in [3.05, 3.63) is 58.3 Å². The minimum atomic E-state index is -0.933. The Labute approximate surface area is 220 Å². The Morgan fingerprint density at radius 1 is 1.11 bits per heavy atom. The van der Waals surface area contributed by atoms with E-state index in [1.807, 2.05) is 6.92 Å². The summed E-state index contributed by atoms with van der Waals surface area (Å²) in [5, 5.41) is 20.7. The predicted octanol–water partition coefficient (Wildman–Crippen LogP) is 5.38. The van der Waals surface area contributed by atoms with Gasteiger partial charge in [-0.05, 0) is 71.7 Å². The number of likely N-dealkylation sites (tertiary alicyclic amines) is 1. The smallest absolute Gasteiger partial charge is 0.412 e. The van der Waals surface area contributed by atoms with Crippen LogP contribution in [0.2, 0.25) is 0 Å². The van der Waals surface area contributed by atoms with Crippen molar-refractivity contribution in [1.82, 2.24) is 20.1 Å². The number of amides is 2. The van der Waals surface area contributed by atoms with Gasteiger partial charge in [-0.2, -0.15) is 10.2 Å². The molecule has 10 heteroatoms. The summed E-state index contributed by atoms with van der Waals surface area (Å²) in [6, 6.07) is 6.44. The fourth-order valence-corrected chi connectivity index (χ4v) is 4.39. The van der Waals surface area contributed by atoms with E-state index >= 15 is 4.39 Å². The molecule has 0 unspecified atom stereocenters. The number of hydrogen-bond acceptors (Lipinski definition) is 6. The van der Waals surface area contributed by atoms with Crippen LogP contribution in [0.5, 0.6) is 0 Å². The monoisotopic (exact) mass is 519 g/mol. The Morgan fingerprint density at radius 3 is 2.47 bits per heavy atom. The number of halogens is 1. The van der Waals surface area contributed by atoms with Crippen molar-refractivity contribution in [2.75, 3.05) is 18.4 Å². The van der Waals surface area contributed by atoms with E-state index in [1.54, 1.807) is 45.9 Å². The van der Waals surface area contributed by atoms with Gasteiger partial charge in [-0.3, -0.25) is 10.3 Å². The molecule has 0 radical (unpaired) electrons. The first-order chi connectivity index (χ1) is 17.9. The third kappa shape index (κ3) is 6.35.